The lowest BCUT2D eigenvalue weighted by Gasteiger charge is -2.10. The summed E-state index contributed by atoms with van der Waals surface area (Å²) in [5.74, 6) is 0.234. The molecule has 4 aromatic rings. The van der Waals surface area contributed by atoms with Gasteiger partial charge in [-0.15, -0.1) is 21.5 Å². The van der Waals surface area contributed by atoms with Crippen molar-refractivity contribution in [3.63, 3.8) is 0 Å². The molecule has 0 aliphatic heterocycles. The lowest BCUT2D eigenvalue weighted by Crippen LogP contribution is -2.16. The van der Waals surface area contributed by atoms with Crippen molar-refractivity contribution in [3.8, 4) is 11.1 Å². The number of amides is 1. The van der Waals surface area contributed by atoms with Crippen LogP contribution in [0.4, 0.5) is 5.00 Å². The van der Waals surface area contributed by atoms with E-state index in [1.165, 1.54) is 30.2 Å². The van der Waals surface area contributed by atoms with Crippen molar-refractivity contribution < 1.29 is 14.3 Å². The van der Waals surface area contributed by atoms with Crippen LogP contribution in [0.5, 0.6) is 0 Å². The Morgan fingerprint density at radius 1 is 1.14 bits per heavy atom. The summed E-state index contributed by atoms with van der Waals surface area (Å²) in [6.07, 6.45) is 2.64. The van der Waals surface area contributed by atoms with Crippen LogP contribution < -0.4 is 5.32 Å². The Labute approximate surface area is 212 Å². The third-order valence-electron chi connectivity index (χ3n) is 5.76. The van der Waals surface area contributed by atoms with Crippen LogP contribution in [0.1, 0.15) is 33.0 Å². The number of ether oxygens (including phenoxy) is 1. The van der Waals surface area contributed by atoms with Gasteiger partial charge in [0.05, 0.1) is 12.9 Å². The summed E-state index contributed by atoms with van der Waals surface area (Å²) in [6.45, 7) is 4.00. The van der Waals surface area contributed by atoms with Gasteiger partial charge in [-0.05, 0) is 37.1 Å². The van der Waals surface area contributed by atoms with Gasteiger partial charge in [-0.2, -0.15) is 0 Å². The summed E-state index contributed by atoms with van der Waals surface area (Å²) < 4.78 is 8.98. The average molecular weight is 510 g/mol. The van der Waals surface area contributed by atoms with Crippen molar-refractivity contribution in [2.24, 2.45) is 14.1 Å². The number of thioether (sulfide) groups is 1. The summed E-state index contributed by atoms with van der Waals surface area (Å²) in [6, 6.07) is 10.1. The lowest BCUT2D eigenvalue weighted by molar-refractivity contribution is -0.113. The van der Waals surface area contributed by atoms with Crippen molar-refractivity contribution in [1.82, 2.24) is 19.3 Å². The van der Waals surface area contributed by atoms with Crippen LogP contribution in [0.2, 0.25) is 0 Å². The Bertz CT molecular complexity index is 1390. The number of nitrogens with zero attached hydrogens (tertiary/aromatic N) is 4. The Morgan fingerprint density at radius 2 is 1.94 bits per heavy atom. The summed E-state index contributed by atoms with van der Waals surface area (Å²) >= 11 is 2.61. The molecule has 0 aliphatic rings. The first-order valence-corrected chi connectivity index (χ1v) is 12.8. The summed E-state index contributed by atoms with van der Waals surface area (Å²) in [5, 5.41) is 14.4. The van der Waals surface area contributed by atoms with E-state index in [9.17, 15) is 9.59 Å². The molecular formula is C25H27N5O3S2. The SMILES string of the molecule is COC(=O)c1c(-c2cc(C)ccc2C)csc1NC(=O)CSc1nnc(Cc2cccn2C)n1C. The van der Waals surface area contributed by atoms with E-state index < -0.39 is 5.97 Å². The maximum absolute atomic E-state index is 12.8. The quantitative estimate of drug-likeness (QED) is 0.276. The van der Waals surface area contributed by atoms with Gasteiger partial charge in [-0.1, -0.05) is 35.5 Å². The van der Waals surface area contributed by atoms with Gasteiger partial charge >= 0.3 is 5.97 Å². The van der Waals surface area contributed by atoms with E-state index in [2.05, 4.69) is 15.5 Å². The Kier molecular flexibility index (Phi) is 7.42. The predicted molar refractivity (Wildman–Crippen MR) is 139 cm³/mol. The standard InChI is InChI=1S/C25H27N5O3S2/c1-15-8-9-16(2)18(11-15)19-13-34-23(22(19)24(32)33-5)26-21(31)14-35-25-28-27-20(30(25)4)12-17-7-6-10-29(17)3/h6-11,13H,12,14H2,1-5H3,(H,26,31). The Hall–Kier alpha value is -3.37. The number of anilines is 1. The van der Waals surface area contributed by atoms with E-state index in [0.717, 1.165) is 33.8 Å². The molecule has 0 unspecified atom stereocenters. The highest BCUT2D eigenvalue weighted by molar-refractivity contribution is 7.99. The fraction of sp³-hybridized carbons (Fsp3) is 0.280. The number of carbonyl (C=O) groups is 2. The normalized spacial score (nSPS) is 11.0. The molecule has 0 saturated heterocycles. The number of carbonyl (C=O) groups excluding carboxylic acids is 2. The third-order valence-corrected chi connectivity index (χ3v) is 7.68. The number of aryl methyl sites for hydroxylation is 3. The zero-order chi connectivity index (χ0) is 25.1. The minimum Gasteiger partial charge on any atom is -0.465 e. The summed E-state index contributed by atoms with van der Waals surface area (Å²) in [4.78, 5) is 25.4. The number of hydrogen-bond donors (Lipinski definition) is 1. The fourth-order valence-corrected chi connectivity index (χ4v) is 5.43. The molecule has 0 atom stereocenters. The van der Waals surface area contributed by atoms with Gasteiger partial charge in [-0.3, -0.25) is 4.79 Å². The molecule has 3 aromatic heterocycles. The second-order valence-corrected chi connectivity index (χ2v) is 10.1. The van der Waals surface area contributed by atoms with Gasteiger partial charge in [0, 0.05) is 43.4 Å². The molecule has 35 heavy (non-hydrogen) atoms. The fourth-order valence-electron chi connectivity index (χ4n) is 3.74. The number of esters is 1. The minimum atomic E-state index is -0.483. The highest BCUT2D eigenvalue weighted by atomic mass is 32.2. The highest BCUT2D eigenvalue weighted by Gasteiger charge is 2.23. The maximum atomic E-state index is 12.8. The maximum Gasteiger partial charge on any atom is 0.341 e. The van der Waals surface area contributed by atoms with Crippen LogP contribution in [0.15, 0.2) is 47.1 Å². The van der Waals surface area contributed by atoms with Gasteiger partial charge in [-0.25, -0.2) is 4.79 Å². The van der Waals surface area contributed by atoms with Crippen molar-refractivity contribution in [3.05, 3.63) is 70.1 Å². The molecule has 4 rings (SSSR count). The van der Waals surface area contributed by atoms with Gasteiger partial charge in [0.2, 0.25) is 5.91 Å². The van der Waals surface area contributed by atoms with Crippen LogP contribution in [-0.4, -0.2) is 44.1 Å². The van der Waals surface area contributed by atoms with Crippen molar-refractivity contribution in [2.45, 2.75) is 25.4 Å². The second kappa shape index (κ2) is 10.5. The van der Waals surface area contributed by atoms with Crippen LogP contribution in [0.3, 0.4) is 0 Å². The zero-order valence-corrected chi connectivity index (χ0v) is 21.9. The number of methoxy groups -OCH3 is 1. The van der Waals surface area contributed by atoms with Gasteiger partial charge in [0.25, 0.3) is 0 Å². The van der Waals surface area contributed by atoms with Crippen molar-refractivity contribution in [2.75, 3.05) is 18.2 Å². The third kappa shape index (κ3) is 5.33. The summed E-state index contributed by atoms with van der Waals surface area (Å²) in [5.41, 5.74) is 5.33. The molecule has 0 spiro atoms. The molecule has 0 aliphatic carbocycles. The molecule has 3 heterocycles. The number of hydrogen-bond acceptors (Lipinski definition) is 7. The first-order valence-electron chi connectivity index (χ1n) is 11.0. The number of thiophene rings is 1. The largest absolute Gasteiger partial charge is 0.465 e. The van der Waals surface area contributed by atoms with E-state index in [0.29, 0.717) is 22.1 Å². The molecule has 1 amide bonds. The molecule has 1 aromatic carbocycles. The van der Waals surface area contributed by atoms with Crippen LogP contribution >= 0.6 is 23.1 Å². The zero-order valence-electron chi connectivity index (χ0n) is 20.3. The van der Waals surface area contributed by atoms with Crippen molar-refractivity contribution >= 4 is 40.0 Å². The molecular weight excluding hydrogens is 482 g/mol. The smallest absolute Gasteiger partial charge is 0.341 e. The lowest BCUT2D eigenvalue weighted by atomic mass is 9.97. The number of rotatable bonds is 8. The van der Waals surface area contributed by atoms with Gasteiger partial charge in [0.1, 0.15) is 16.4 Å². The number of nitrogens with one attached hydrogen (secondary N) is 1. The van der Waals surface area contributed by atoms with Crippen LogP contribution in [0.25, 0.3) is 11.1 Å². The first kappa shape index (κ1) is 24.7. The topological polar surface area (TPSA) is 91.0 Å². The molecule has 0 fully saturated rings. The van der Waals surface area contributed by atoms with Crippen LogP contribution in [0, 0.1) is 13.8 Å². The number of aromatic nitrogens is 4. The Morgan fingerprint density at radius 3 is 2.66 bits per heavy atom. The predicted octanol–water partition coefficient (Wildman–Crippen LogP) is 4.61. The Balaban J connectivity index is 1.48. The number of benzene rings is 1. The van der Waals surface area contributed by atoms with E-state index >= 15 is 0 Å². The molecule has 10 heteroatoms. The van der Waals surface area contributed by atoms with Crippen molar-refractivity contribution in [1.29, 1.82) is 0 Å². The van der Waals surface area contributed by atoms with E-state index in [1.807, 2.05) is 79.0 Å². The van der Waals surface area contributed by atoms with E-state index in [1.54, 1.807) is 0 Å². The molecule has 0 saturated carbocycles. The molecule has 1 N–H and O–H groups in total. The molecule has 0 bridgehead atoms. The summed E-state index contributed by atoms with van der Waals surface area (Å²) in [7, 11) is 5.23. The van der Waals surface area contributed by atoms with Gasteiger partial charge in [0.15, 0.2) is 5.16 Å². The van der Waals surface area contributed by atoms with Gasteiger partial charge < -0.3 is 19.2 Å². The average Bonchev–Trinajstić information content (AvgIpc) is 3.53. The minimum absolute atomic E-state index is 0.132. The van der Waals surface area contributed by atoms with E-state index in [4.69, 9.17) is 4.74 Å². The molecule has 182 valence electrons. The van der Waals surface area contributed by atoms with Crippen LogP contribution in [-0.2, 0) is 30.0 Å². The monoisotopic (exact) mass is 509 g/mol. The molecule has 8 nitrogen and oxygen atoms in total. The molecule has 0 radical (unpaired) electrons. The first-order chi connectivity index (χ1) is 16.8. The highest BCUT2D eigenvalue weighted by Crippen LogP contribution is 2.38. The van der Waals surface area contributed by atoms with E-state index in [-0.39, 0.29) is 11.7 Å². The second-order valence-electron chi connectivity index (χ2n) is 8.25.